The number of benzene rings is 2. The molecule has 0 atom stereocenters. The lowest BCUT2D eigenvalue weighted by molar-refractivity contribution is -0.120. The Balaban J connectivity index is 0.00000363. The van der Waals surface area contributed by atoms with E-state index < -0.39 is 0 Å². The molecule has 0 aliphatic carbocycles. The third-order valence-electron chi connectivity index (χ3n) is 4.57. The minimum atomic E-state index is -0.135. The number of methoxy groups -OCH3 is 1. The van der Waals surface area contributed by atoms with Crippen LogP contribution >= 0.6 is 35.3 Å². The third kappa shape index (κ3) is 7.38. The normalized spacial score (nSPS) is 10.5. The highest BCUT2D eigenvalue weighted by Crippen LogP contribution is 2.29. The molecule has 0 fully saturated rings. The van der Waals surface area contributed by atoms with Crippen molar-refractivity contribution in [3.8, 4) is 22.8 Å². The number of thiazole rings is 1. The molecule has 0 spiro atoms. The molecule has 1 aromatic heterocycles. The lowest BCUT2D eigenvalue weighted by Gasteiger charge is -2.21. The van der Waals surface area contributed by atoms with Crippen molar-refractivity contribution in [3.63, 3.8) is 0 Å². The minimum Gasteiger partial charge on any atom is -0.497 e. The Kier molecular flexibility index (Phi) is 10.3. The average Bonchev–Trinajstić information content (AvgIpc) is 3.26. The van der Waals surface area contributed by atoms with Crippen molar-refractivity contribution in [2.75, 3.05) is 45.8 Å². The first-order chi connectivity index (χ1) is 15.0. The Morgan fingerprint density at radius 2 is 1.69 bits per heavy atom. The molecule has 0 aliphatic heterocycles. The Bertz CT molecular complexity index is 979. The van der Waals surface area contributed by atoms with Gasteiger partial charge in [-0.05, 0) is 75.6 Å². The maximum atomic E-state index is 13.0. The summed E-state index contributed by atoms with van der Waals surface area (Å²) < 4.78 is 10.9. The number of carbonyl (C=O) groups excluding carboxylic acids is 1. The van der Waals surface area contributed by atoms with E-state index in [4.69, 9.17) is 26.1 Å². The summed E-state index contributed by atoms with van der Waals surface area (Å²) in [5.74, 6) is 1.26. The van der Waals surface area contributed by atoms with Crippen LogP contribution in [0, 0.1) is 0 Å². The van der Waals surface area contributed by atoms with Crippen LogP contribution in [0.1, 0.15) is 6.42 Å². The van der Waals surface area contributed by atoms with Gasteiger partial charge in [0.05, 0.1) is 12.8 Å². The van der Waals surface area contributed by atoms with Gasteiger partial charge in [0, 0.05) is 22.5 Å². The molecule has 0 bridgehead atoms. The van der Waals surface area contributed by atoms with Crippen LogP contribution in [0.15, 0.2) is 53.9 Å². The molecule has 1 heterocycles. The second-order valence-corrected chi connectivity index (χ2v) is 8.46. The second-order valence-electron chi connectivity index (χ2n) is 7.19. The molecule has 172 valence electrons. The number of hydrogen-bond donors (Lipinski definition) is 0. The van der Waals surface area contributed by atoms with E-state index in [2.05, 4.69) is 4.90 Å². The van der Waals surface area contributed by atoms with Crippen molar-refractivity contribution < 1.29 is 14.3 Å². The van der Waals surface area contributed by atoms with Crippen LogP contribution in [0.4, 0.5) is 5.13 Å². The number of amides is 1. The number of anilines is 1. The van der Waals surface area contributed by atoms with Crippen molar-refractivity contribution in [2.45, 2.75) is 6.42 Å². The molecule has 2 aromatic carbocycles. The minimum absolute atomic E-state index is 0. The topological polar surface area (TPSA) is 54.9 Å². The van der Waals surface area contributed by atoms with Crippen molar-refractivity contribution in [1.29, 1.82) is 0 Å². The SMILES string of the molecule is COc1ccc(-c2csc(N(CCCN(C)C)C(=O)COc3ccc(Cl)cc3)n2)cc1.Cl. The molecule has 6 nitrogen and oxygen atoms in total. The number of nitrogens with zero attached hydrogens (tertiary/aromatic N) is 3. The highest BCUT2D eigenvalue weighted by molar-refractivity contribution is 7.14. The van der Waals surface area contributed by atoms with Crippen molar-refractivity contribution in [2.24, 2.45) is 0 Å². The van der Waals surface area contributed by atoms with Gasteiger partial charge in [0.1, 0.15) is 11.5 Å². The predicted octanol–water partition coefficient (Wildman–Crippen LogP) is 5.26. The Labute approximate surface area is 204 Å². The van der Waals surface area contributed by atoms with Crippen molar-refractivity contribution in [3.05, 3.63) is 58.9 Å². The van der Waals surface area contributed by atoms with E-state index >= 15 is 0 Å². The average molecular weight is 496 g/mol. The number of hydrogen-bond acceptors (Lipinski definition) is 6. The summed E-state index contributed by atoms with van der Waals surface area (Å²) in [6.45, 7) is 1.37. The number of carbonyl (C=O) groups is 1. The van der Waals surface area contributed by atoms with E-state index in [0.29, 0.717) is 22.4 Å². The molecule has 0 saturated heterocycles. The number of ether oxygens (including phenoxy) is 2. The van der Waals surface area contributed by atoms with Crippen LogP contribution in [0.2, 0.25) is 5.02 Å². The smallest absolute Gasteiger partial charge is 0.266 e. The molecule has 0 N–H and O–H groups in total. The summed E-state index contributed by atoms with van der Waals surface area (Å²) in [4.78, 5) is 21.5. The second kappa shape index (κ2) is 12.6. The van der Waals surface area contributed by atoms with Crippen molar-refractivity contribution >= 4 is 46.4 Å². The summed E-state index contributed by atoms with van der Waals surface area (Å²) in [6.07, 6.45) is 0.830. The highest BCUT2D eigenvalue weighted by atomic mass is 35.5. The van der Waals surface area contributed by atoms with E-state index in [0.717, 1.165) is 30.0 Å². The maximum Gasteiger partial charge on any atom is 0.266 e. The number of aromatic nitrogens is 1. The van der Waals surface area contributed by atoms with Gasteiger partial charge in [-0.25, -0.2) is 4.98 Å². The molecule has 3 rings (SSSR count). The molecule has 9 heteroatoms. The summed E-state index contributed by atoms with van der Waals surface area (Å²) in [5.41, 5.74) is 1.80. The lowest BCUT2D eigenvalue weighted by atomic mass is 10.2. The lowest BCUT2D eigenvalue weighted by Crippen LogP contribution is -2.36. The van der Waals surface area contributed by atoms with Crippen LogP contribution in [0.5, 0.6) is 11.5 Å². The molecule has 1 amide bonds. The van der Waals surface area contributed by atoms with Gasteiger partial charge < -0.3 is 14.4 Å². The fourth-order valence-electron chi connectivity index (χ4n) is 2.91. The first kappa shape index (κ1) is 25.9. The zero-order chi connectivity index (χ0) is 22.2. The molecular weight excluding hydrogens is 469 g/mol. The van der Waals surface area contributed by atoms with Crippen LogP contribution in [0.3, 0.4) is 0 Å². The summed E-state index contributed by atoms with van der Waals surface area (Å²) >= 11 is 7.36. The van der Waals surface area contributed by atoms with E-state index in [1.807, 2.05) is 43.7 Å². The Morgan fingerprint density at radius 3 is 2.31 bits per heavy atom. The monoisotopic (exact) mass is 495 g/mol. The van der Waals surface area contributed by atoms with Gasteiger partial charge in [-0.2, -0.15) is 0 Å². The highest BCUT2D eigenvalue weighted by Gasteiger charge is 2.20. The fraction of sp³-hybridized carbons (Fsp3) is 0.304. The third-order valence-corrected chi connectivity index (χ3v) is 5.69. The van der Waals surface area contributed by atoms with Crippen LogP contribution in [-0.4, -0.2) is 56.7 Å². The van der Waals surface area contributed by atoms with E-state index in [1.165, 1.54) is 11.3 Å². The van der Waals surface area contributed by atoms with Gasteiger partial charge in [-0.15, -0.1) is 23.7 Å². The molecule has 0 aliphatic rings. The molecule has 0 radical (unpaired) electrons. The quantitative estimate of drug-likeness (QED) is 0.384. The summed E-state index contributed by atoms with van der Waals surface area (Å²) in [7, 11) is 5.67. The van der Waals surface area contributed by atoms with E-state index in [1.54, 1.807) is 36.3 Å². The number of rotatable bonds is 10. The molecule has 0 saturated carbocycles. The predicted molar refractivity (Wildman–Crippen MR) is 134 cm³/mol. The van der Waals surface area contributed by atoms with Gasteiger partial charge in [0.15, 0.2) is 11.7 Å². The first-order valence-electron chi connectivity index (χ1n) is 9.89. The van der Waals surface area contributed by atoms with E-state index in [9.17, 15) is 4.79 Å². The standard InChI is InChI=1S/C23H26ClN3O3S.ClH/c1-26(2)13-4-14-27(22(28)15-30-20-11-7-18(24)8-12-20)23-25-21(16-31-23)17-5-9-19(29-3)10-6-17;/h5-12,16H,4,13-15H2,1-3H3;1H. The Hall–Kier alpha value is -2.32. The zero-order valence-corrected chi connectivity index (χ0v) is 20.7. The van der Waals surface area contributed by atoms with Gasteiger partial charge in [-0.3, -0.25) is 9.69 Å². The Morgan fingerprint density at radius 1 is 1.03 bits per heavy atom. The van der Waals surface area contributed by atoms with Gasteiger partial charge >= 0.3 is 0 Å². The first-order valence-corrected chi connectivity index (χ1v) is 11.2. The number of halogens is 2. The van der Waals surface area contributed by atoms with Crippen molar-refractivity contribution in [1.82, 2.24) is 9.88 Å². The molecule has 0 unspecified atom stereocenters. The van der Waals surface area contributed by atoms with E-state index in [-0.39, 0.29) is 24.9 Å². The zero-order valence-electron chi connectivity index (χ0n) is 18.3. The van der Waals surface area contributed by atoms with Gasteiger partial charge in [0.25, 0.3) is 5.91 Å². The summed E-state index contributed by atoms with van der Waals surface area (Å²) in [6, 6.07) is 14.7. The van der Waals surface area contributed by atoms with Gasteiger partial charge in [-0.1, -0.05) is 11.6 Å². The molecular formula is C23H27Cl2N3O3S. The fourth-order valence-corrected chi connectivity index (χ4v) is 3.91. The maximum absolute atomic E-state index is 13.0. The van der Waals surface area contributed by atoms with Gasteiger partial charge in [0.2, 0.25) is 0 Å². The van der Waals surface area contributed by atoms with Crippen LogP contribution in [0.25, 0.3) is 11.3 Å². The van der Waals surface area contributed by atoms with Crippen LogP contribution < -0.4 is 14.4 Å². The molecule has 3 aromatic rings. The summed E-state index contributed by atoms with van der Waals surface area (Å²) in [5, 5.41) is 3.25. The van der Waals surface area contributed by atoms with Crippen LogP contribution in [-0.2, 0) is 4.79 Å². The molecule has 32 heavy (non-hydrogen) atoms. The largest absolute Gasteiger partial charge is 0.497 e.